The van der Waals surface area contributed by atoms with Crippen LogP contribution >= 0.6 is 0 Å². The first-order valence-electron chi connectivity index (χ1n) is 7.48. The number of nitrogens with one attached hydrogen (secondary N) is 1. The lowest BCUT2D eigenvalue weighted by molar-refractivity contribution is 0.185. The molecule has 0 aromatic rings. The molecular formula is C15H29N. The second kappa shape index (κ2) is 5.53. The third-order valence-corrected chi connectivity index (χ3v) is 4.73. The fraction of sp³-hybridized carbons (Fsp3) is 1.00. The van der Waals surface area contributed by atoms with Gasteiger partial charge in [-0.1, -0.05) is 33.6 Å². The summed E-state index contributed by atoms with van der Waals surface area (Å²) < 4.78 is 0. The van der Waals surface area contributed by atoms with E-state index in [1.165, 1.54) is 44.9 Å². The Morgan fingerprint density at radius 3 is 2.31 bits per heavy atom. The van der Waals surface area contributed by atoms with Crippen molar-refractivity contribution < 1.29 is 0 Å². The highest BCUT2D eigenvalue weighted by Gasteiger charge is 2.34. The van der Waals surface area contributed by atoms with Crippen molar-refractivity contribution in [2.24, 2.45) is 17.8 Å². The van der Waals surface area contributed by atoms with Gasteiger partial charge < -0.3 is 5.32 Å². The molecule has 0 bridgehead atoms. The van der Waals surface area contributed by atoms with Gasteiger partial charge in [0.2, 0.25) is 0 Å². The van der Waals surface area contributed by atoms with Crippen molar-refractivity contribution in [3.05, 3.63) is 0 Å². The van der Waals surface area contributed by atoms with Crippen molar-refractivity contribution >= 4 is 0 Å². The fourth-order valence-corrected chi connectivity index (χ4v) is 3.53. The third-order valence-electron chi connectivity index (χ3n) is 4.73. The molecule has 2 fully saturated rings. The molecule has 1 N–H and O–H groups in total. The van der Waals surface area contributed by atoms with Crippen LogP contribution in [0.5, 0.6) is 0 Å². The first-order chi connectivity index (χ1) is 7.72. The van der Waals surface area contributed by atoms with Gasteiger partial charge in [-0.2, -0.15) is 0 Å². The first kappa shape index (κ1) is 12.4. The summed E-state index contributed by atoms with van der Waals surface area (Å²) in [5.41, 5.74) is 0. The molecule has 0 spiro atoms. The van der Waals surface area contributed by atoms with E-state index in [-0.39, 0.29) is 0 Å². The summed E-state index contributed by atoms with van der Waals surface area (Å²) in [6.07, 6.45) is 10.1. The van der Waals surface area contributed by atoms with Crippen LogP contribution in [-0.4, -0.2) is 12.1 Å². The zero-order chi connectivity index (χ0) is 11.5. The normalized spacial score (nSPS) is 33.0. The van der Waals surface area contributed by atoms with Gasteiger partial charge in [-0.25, -0.2) is 0 Å². The van der Waals surface area contributed by atoms with Crippen LogP contribution in [0.2, 0.25) is 0 Å². The molecule has 2 aliphatic carbocycles. The highest BCUT2D eigenvalue weighted by Crippen LogP contribution is 2.36. The number of hydrogen-bond acceptors (Lipinski definition) is 1. The molecule has 3 atom stereocenters. The van der Waals surface area contributed by atoms with Crippen LogP contribution in [0.4, 0.5) is 0 Å². The van der Waals surface area contributed by atoms with Crippen molar-refractivity contribution in [1.82, 2.24) is 5.32 Å². The van der Waals surface area contributed by atoms with E-state index in [4.69, 9.17) is 0 Å². The molecule has 2 rings (SSSR count). The minimum absolute atomic E-state index is 0.819. The highest BCUT2D eigenvalue weighted by molar-refractivity contribution is 4.91. The Morgan fingerprint density at radius 1 is 1.06 bits per heavy atom. The molecule has 3 unspecified atom stereocenters. The van der Waals surface area contributed by atoms with Gasteiger partial charge in [0.25, 0.3) is 0 Å². The molecule has 0 radical (unpaired) electrons. The topological polar surface area (TPSA) is 12.0 Å². The van der Waals surface area contributed by atoms with E-state index in [0.29, 0.717) is 0 Å². The van der Waals surface area contributed by atoms with Gasteiger partial charge in [-0.15, -0.1) is 0 Å². The summed E-state index contributed by atoms with van der Waals surface area (Å²) in [7, 11) is 0. The molecule has 0 amide bonds. The summed E-state index contributed by atoms with van der Waals surface area (Å²) in [4.78, 5) is 0. The second-order valence-corrected chi connectivity index (χ2v) is 6.32. The quantitative estimate of drug-likeness (QED) is 0.743. The van der Waals surface area contributed by atoms with Gasteiger partial charge in [0.1, 0.15) is 0 Å². The average molecular weight is 223 g/mol. The zero-order valence-corrected chi connectivity index (χ0v) is 11.3. The minimum Gasteiger partial charge on any atom is -0.311 e. The Morgan fingerprint density at radius 2 is 1.75 bits per heavy atom. The van der Waals surface area contributed by atoms with Crippen molar-refractivity contribution in [1.29, 1.82) is 0 Å². The predicted molar refractivity (Wildman–Crippen MR) is 70.5 cm³/mol. The van der Waals surface area contributed by atoms with Crippen molar-refractivity contribution in [2.75, 3.05) is 0 Å². The smallest absolute Gasteiger partial charge is 0.0100 e. The molecule has 0 saturated heterocycles. The van der Waals surface area contributed by atoms with Crippen LogP contribution < -0.4 is 5.32 Å². The summed E-state index contributed by atoms with van der Waals surface area (Å²) in [5, 5.41) is 4.00. The van der Waals surface area contributed by atoms with E-state index in [1.807, 2.05) is 0 Å². The summed E-state index contributed by atoms with van der Waals surface area (Å²) in [5.74, 6) is 2.80. The van der Waals surface area contributed by atoms with E-state index in [2.05, 4.69) is 26.1 Å². The van der Waals surface area contributed by atoms with Gasteiger partial charge in [-0.05, 0) is 49.9 Å². The Hall–Kier alpha value is -0.0400. The molecule has 1 nitrogen and oxygen atoms in total. The van der Waals surface area contributed by atoms with Gasteiger partial charge >= 0.3 is 0 Å². The zero-order valence-electron chi connectivity index (χ0n) is 11.3. The Balaban J connectivity index is 1.89. The largest absolute Gasteiger partial charge is 0.311 e. The van der Waals surface area contributed by atoms with Crippen LogP contribution in [0, 0.1) is 17.8 Å². The molecule has 2 aliphatic rings. The van der Waals surface area contributed by atoms with Gasteiger partial charge in [0.15, 0.2) is 0 Å². The van der Waals surface area contributed by atoms with Crippen molar-refractivity contribution in [3.8, 4) is 0 Å². The van der Waals surface area contributed by atoms with Gasteiger partial charge in [-0.3, -0.25) is 0 Å². The van der Waals surface area contributed by atoms with Crippen LogP contribution in [0.25, 0.3) is 0 Å². The van der Waals surface area contributed by atoms with Crippen molar-refractivity contribution in [2.45, 2.75) is 77.8 Å². The number of hydrogen-bond donors (Lipinski definition) is 1. The van der Waals surface area contributed by atoms with Crippen LogP contribution in [0.3, 0.4) is 0 Å². The molecule has 0 aromatic carbocycles. The first-order valence-corrected chi connectivity index (χ1v) is 7.48. The molecule has 94 valence electrons. The maximum atomic E-state index is 4.00. The van der Waals surface area contributed by atoms with Gasteiger partial charge in [0.05, 0.1) is 0 Å². The Labute approximate surface area is 101 Å². The summed E-state index contributed by atoms with van der Waals surface area (Å²) in [6.45, 7) is 7.16. The molecular weight excluding hydrogens is 194 g/mol. The predicted octanol–water partition coefficient (Wildman–Crippen LogP) is 3.98. The lowest BCUT2D eigenvalue weighted by Gasteiger charge is -2.37. The summed E-state index contributed by atoms with van der Waals surface area (Å²) >= 11 is 0. The van der Waals surface area contributed by atoms with E-state index in [9.17, 15) is 0 Å². The SMILES string of the molecule is CCC(NC1CCCCC1C(C)C)C1CC1. The molecule has 2 saturated carbocycles. The Bertz CT molecular complexity index is 207. The third kappa shape index (κ3) is 3.00. The van der Waals surface area contributed by atoms with E-state index < -0.39 is 0 Å². The Kier molecular flexibility index (Phi) is 4.29. The number of rotatable bonds is 5. The lowest BCUT2D eigenvalue weighted by Crippen LogP contribution is -2.46. The molecule has 0 aliphatic heterocycles. The second-order valence-electron chi connectivity index (χ2n) is 6.32. The van der Waals surface area contributed by atoms with Crippen LogP contribution in [0.1, 0.15) is 65.7 Å². The standard InChI is InChI=1S/C15H29N/c1-4-14(12-9-10-12)16-15-8-6-5-7-13(15)11(2)3/h11-16H,4-10H2,1-3H3. The average Bonchev–Trinajstić information content (AvgIpc) is 3.10. The van der Waals surface area contributed by atoms with Crippen LogP contribution in [-0.2, 0) is 0 Å². The van der Waals surface area contributed by atoms with Gasteiger partial charge in [0, 0.05) is 12.1 Å². The van der Waals surface area contributed by atoms with Crippen LogP contribution in [0.15, 0.2) is 0 Å². The molecule has 0 aromatic heterocycles. The molecule has 16 heavy (non-hydrogen) atoms. The maximum Gasteiger partial charge on any atom is 0.0100 e. The van der Waals surface area contributed by atoms with Crippen molar-refractivity contribution in [3.63, 3.8) is 0 Å². The van der Waals surface area contributed by atoms with E-state index in [1.54, 1.807) is 0 Å². The van der Waals surface area contributed by atoms with E-state index in [0.717, 1.165) is 29.8 Å². The highest BCUT2D eigenvalue weighted by atomic mass is 15.0. The lowest BCUT2D eigenvalue weighted by atomic mass is 9.77. The molecule has 0 heterocycles. The van der Waals surface area contributed by atoms with E-state index >= 15 is 0 Å². The summed E-state index contributed by atoms with van der Waals surface area (Å²) in [6, 6.07) is 1.64. The maximum absolute atomic E-state index is 4.00. The minimum atomic E-state index is 0.819. The fourth-order valence-electron chi connectivity index (χ4n) is 3.53. The molecule has 1 heteroatoms. The monoisotopic (exact) mass is 223 g/mol.